The fourth-order valence-corrected chi connectivity index (χ4v) is 1.70. The molecule has 0 aliphatic carbocycles. The number of fused-ring (bicyclic) bond motifs is 1. The highest BCUT2D eigenvalue weighted by molar-refractivity contribution is 5.44. The van der Waals surface area contributed by atoms with Crippen molar-refractivity contribution in [2.24, 2.45) is 0 Å². The second kappa shape index (κ2) is 5.38. The second-order valence-corrected chi connectivity index (χ2v) is 4.30. The molecule has 2 unspecified atom stereocenters. The van der Waals surface area contributed by atoms with Crippen LogP contribution >= 0.6 is 0 Å². The van der Waals surface area contributed by atoms with E-state index in [1.165, 1.54) is 5.56 Å². The molecule has 1 heterocycles. The molecule has 2 rings (SSSR count). The first-order valence-electron chi connectivity index (χ1n) is 5.85. The molecule has 94 valence electrons. The molecule has 4 heteroatoms. The number of rotatable bonds is 5. The van der Waals surface area contributed by atoms with Crippen LogP contribution in [0.25, 0.3) is 0 Å². The van der Waals surface area contributed by atoms with Crippen LogP contribution in [0.5, 0.6) is 11.5 Å². The summed E-state index contributed by atoms with van der Waals surface area (Å²) in [6, 6.07) is 6.32. The summed E-state index contributed by atoms with van der Waals surface area (Å²) in [6.45, 7) is 5.29. The van der Waals surface area contributed by atoms with Crippen molar-refractivity contribution in [3.63, 3.8) is 0 Å². The third-order valence-corrected chi connectivity index (χ3v) is 3.14. The first kappa shape index (κ1) is 12.2. The lowest BCUT2D eigenvalue weighted by Gasteiger charge is -2.19. The summed E-state index contributed by atoms with van der Waals surface area (Å²) in [5.41, 5.74) is 1.18. The molecule has 0 bridgehead atoms. The van der Waals surface area contributed by atoms with Crippen LogP contribution in [0.4, 0.5) is 0 Å². The van der Waals surface area contributed by atoms with Gasteiger partial charge in [0.05, 0.1) is 6.10 Å². The Hall–Kier alpha value is -1.26. The van der Waals surface area contributed by atoms with Crippen molar-refractivity contribution in [3.05, 3.63) is 23.8 Å². The van der Waals surface area contributed by atoms with Crippen molar-refractivity contribution in [1.82, 2.24) is 5.32 Å². The minimum absolute atomic E-state index is 0.198. The number of methoxy groups -OCH3 is 1. The molecule has 1 aliphatic rings. The Balaban J connectivity index is 1.91. The number of nitrogens with one attached hydrogen (secondary N) is 1. The molecular formula is C13H19NO3. The van der Waals surface area contributed by atoms with Gasteiger partial charge in [0.25, 0.3) is 0 Å². The molecule has 17 heavy (non-hydrogen) atoms. The van der Waals surface area contributed by atoms with E-state index in [1.54, 1.807) is 7.11 Å². The zero-order valence-electron chi connectivity index (χ0n) is 10.5. The summed E-state index contributed by atoms with van der Waals surface area (Å²) in [5, 5.41) is 3.42. The van der Waals surface area contributed by atoms with Crippen molar-refractivity contribution in [1.29, 1.82) is 0 Å². The van der Waals surface area contributed by atoms with Gasteiger partial charge in [-0.05, 0) is 31.5 Å². The lowest BCUT2D eigenvalue weighted by molar-refractivity contribution is 0.0882. The maximum Gasteiger partial charge on any atom is 0.231 e. The second-order valence-electron chi connectivity index (χ2n) is 4.30. The third-order valence-electron chi connectivity index (χ3n) is 3.14. The number of ether oxygens (including phenoxy) is 3. The average molecular weight is 237 g/mol. The van der Waals surface area contributed by atoms with Gasteiger partial charge in [-0.3, -0.25) is 0 Å². The van der Waals surface area contributed by atoms with Crippen LogP contribution in [0.1, 0.15) is 19.4 Å². The molecule has 0 aromatic heterocycles. The normalized spacial score (nSPS) is 16.9. The van der Waals surface area contributed by atoms with Gasteiger partial charge in [-0.2, -0.15) is 0 Å². The quantitative estimate of drug-likeness (QED) is 0.849. The number of benzene rings is 1. The standard InChI is InChI=1S/C13H19NO3/c1-9(10(2)15-3)14-7-11-4-5-12-13(6-11)17-8-16-12/h4-6,9-10,14H,7-8H2,1-3H3. The molecule has 0 radical (unpaired) electrons. The summed E-state index contributed by atoms with van der Waals surface area (Å²) >= 11 is 0. The fraction of sp³-hybridized carbons (Fsp3) is 0.538. The van der Waals surface area contributed by atoms with Gasteiger partial charge in [-0.1, -0.05) is 6.07 Å². The van der Waals surface area contributed by atoms with Crippen molar-refractivity contribution < 1.29 is 14.2 Å². The Morgan fingerprint density at radius 2 is 2.06 bits per heavy atom. The van der Waals surface area contributed by atoms with Gasteiger partial charge in [0.2, 0.25) is 6.79 Å². The summed E-state index contributed by atoms with van der Waals surface area (Å²) in [4.78, 5) is 0. The van der Waals surface area contributed by atoms with Crippen LogP contribution in [0, 0.1) is 0 Å². The van der Waals surface area contributed by atoms with Gasteiger partial charge in [0, 0.05) is 19.7 Å². The summed E-state index contributed by atoms with van der Waals surface area (Å²) in [7, 11) is 1.73. The Labute approximate surface area is 102 Å². The first-order valence-corrected chi connectivity index (χ1v) is 5.85. The van der Waals surface area contributed by atoms with E-state index in [-0.39, 0.29) is 6.10 Å². The van der Waals surface area contributed by atoms with E-state index in [1.807, 2.05) is 18.2 Å². The van der Waals surface area contributed by atoms with E-state index in [9.17, 15) is 0 Å². The number of hydrogen-bond donors (Lipinski definition) is 1. The van der Waals surface area contributed by atoms with E-state index in [0.29, 0.717) is 12.8 Å². The summed E-state index contributed by atoms with van der Waals surface area (Å²) < 4.78 is 15.9. The third kappa shape index (κ3) is 2.90. The van der Waals surface area contributed by atoms with Gasteiger partial charge >= 0.3 is 0 Å². The highest BCUT2D eigenvalue weighted by atomic mass is 16.7. The zero-order valence-corrected chi connectivity index (χ0v) is 10.5. The molecule has 1 N–H and O–H groups in total. The fourth-order valence-electron chi connectivity index (χ4n) is 1.70. The van der Waals surface area contributed by atoms with E-state index >= 15 is 0 Å². The van der Waals surface area contributed by atoms with Crippen LogP contribution in [-0.2, 0) is 11.3 Å². The van der Waals surface area contributed by atoms with Crippen LogP contribution in [0.2, 0.25) is 0 Å². The maximum absolute atomic E-state index is 5.34. The van der Waals surface area contributed by atoms with Crippen LogP contribution in [-0.4, -0.2) is 26.0 Å². The van der Waals surface area contributed by atoms with Crippen LogP contribution in [0.15, 0.2) is 18.2 Å². The van der Waals surface area contributed by atoms with Gasteiger partial charge < -0.3 is 19.5 Å². The van der Waals surface area contributed by atoms with Crippen molar-refractivity contribution in [3.8, 4) is 11.5 Å². The lowest BCUT2D eigenvalue weighted by atomic mass is 10.1. The predicted octanol–water partition coefficient (Wildman–Crippen LogP) is 1.93. The maximum atomic E-state index is 5.34. The number of hydrogen-bond acceptors (Lipinski definition) is 4. The van der Waals surface area contributed by atoms with Crippen LogP contribution < -0.4 is 14.8 Å². The average Bonchev–Trinajstić information content (AvgIpc) is 2.82. The van der Waals surface area contributed by atoms with Gasteiger partial charge in [-0.25, -0.2) is 0 Å². The summed E-state index contributed by atoms with van der Waals surface area (Å²) in [5.74, 6) is 1.66. The molecule has 0 spiro atoms. The molecule has 2 atom stereocenters. The van der Waals surface area contributed by atoms with Crippen molar-refractivity contribution >= 4 is 0 Å². The monoisotopic (exact) mass is 237 g/mol. The minimum atomic E-state index is 0.198. The van der Waals surface area contributed by atoms with Gasteiger partial charge in [-0.15, -0.1) is 0 Å². The molecule has 0 amide bonds. The Morgan fingerprint density at radius 3 is 2.82 bits per heavy atom. The van der Waals surface area contributed by atoms with E-state index in [4.69, 9.17) is 14.2 Å². The predicted molar refractivity (Wildman–Crippen MR) is 65.3 cm³/mol. The molecule has 1 aromatic carbocycles. The Kier molecular flexibility index (Phi) is 3.86. The smallest absolute Gasteiger partial charge is 0.231 e. The molecule has 1 aromatic rings. The molecule has 0 fully saturated rings. The van der Waals surface area contributed by atoms with Crippen molar-refractivity contribution in [2.75, 3.05) is 13.9 Å². The minimum Gasteiger partial charge on any atom is -0.454 e. The molecule has 1 aliphatic heterocycles. The zero-order chi connectivity index (χ0) is 12.3. The largest absolute Gasteiger partial charge is 0.454 e. The van der Waals surface area contributed by atoms with E-state index in [0.717, 1.165) is 18.0 Å². The molecule has 0 saturated carbocycles. The van der Waals surface area contributed by atoms with Crippen LogP contribution in [0.3, 0.4) is 0 Å². The molecule has 0 saturated heterocycles. The Morgan fingerprint density at radius 1 is 1.29 bits per heavy atom. The molecular weight excluding hydrogens is 218 g/mol. The van der Waals surface area contributed by atoms with Gasteiger partial charge in [0.15, 0.2) is 11.5 Å². The topological polar surface area (TPSA) is 39.7 Å². The lowest BCUT2D eigenvalue weighted by Crippen LogP contribution is -2.36. The SMILES string of the molecule is COC(C)C(C)NCc1ccc2c(c1)OCO2. The Bertz CT molecular complexity index is 381. The van der Waals surface area contributed by atoms with E-state index in [2.05, 4.69) is 19.2 Å². The van der Waals surface area contributed by atoms with E-state index < -0.39 is 0 Å². The van der Waals surface area contributed by atoms with Crippen molar-refractivity contribution in [2.45, 2.75) is 32.5 Å². The molecule has 4 nitrogen and oxygen atoms in total. The highest BCUT2D eigenvalue weighted by Gasteiger charge is 2.14. The highest BCUT2D eigenvalue weighted by Crippen LogP contribution is 2.32. The first-order chi connectivity index (χ1) is 8.20. The van der Waals surface area contributed by atoms with Gasteiger partial charge in [0.1, 0.15) is 0 Å². The summed E-state index contributed by atoms with van der Waals surface area (Å²) in [6.07, 6.45) is 0.198.